The molecule has 1 aliphatic carbocycles. The third-order valence-corrected chi connectivity index (χ3v) is 27.8. The molecule has 5 heteroatoms. The molecule has 1 aliphatic rings. The SMILES string of the molecule is CC(C)c1cccc(C(C)C)c1[NH][Hf+2]([C]1=CC=CC1)[SiH](C)C.[Cl-].[Cl-]. The van der Waals surface area contributed by atoms with E-state index in [0.29, 0.717) is 11.8 Å². The van der Waals surface area contributed by atoms with Gasteiger partial charge in [0.25, 0.3) is 0 Å². The zero-order chi connectivity index (χ0) is 16.3. The van der Waals surface area contributed by atoms with Gasteiger partial charge < -0.3 is 24.8 Å². The molecule has 0 bridgehead atoms. The van der Waals surface area contributed by atoms with Gasteiger partial charge in [0.15, 0.2) is 0 Å². The van der Waals surface area contributed by atoms with Gasteiger partial charge in [0.1, 0.15) is 0 Å². The van der Waals surface area contributed by atoms with E-state index in [1.807, 2.05) is 0 Å². The Bertz CT molecular complexity index is 556. The van der Waals surface area contributed by atoms with E-state index >= 15 is 0 Å². The third-order valence-electron chi connectivity index (χ3n) is 4.33. The molecule has 0 saturated heterocycles. The van der Waals surface area contributed by atoms with Crippen LogP contribution in [0.1, 0.15) is 57.1 Å². The van der Waals surface area contributed by atoms with E-state index in [1.54, 1.807) is 3.33 Å². The average molecular weight is 550 g/mol. The molecule has 1 N–H and O–H groups in total. The molecule has 0 atom stereocenters. The van der Waals surface area contributed by atoms with E-state index in [1.165, 1.54) is 23.2 Å². The summed E-state index contributed by atoms with van der Waals surface area (Å²) in [6, 6.07) is 6.89. The minimum Gasteiger partial charge on any atom is -1.00 e. The van der Waals surface area contributed by atoms with Crippen molar-refractivity contribution in [2.24, 2.45) is 0 Å². The molecule has 24 heavy (non-hydrogen) atoms. The molecule has 0 radical (unpaired) electrons. The Morgan fingerprint density at radius 3 is 1.92 bits per heavy atom. The summed E-state index contributed by atoms with van der Waals surface area (Å²) in [6.07, 6.45) is 8.21. The molecule has 1 aromatic carbocycles. The second-order valence-electron chi connectivity index (χ2n) is 7.14. The normalized spacial score (nSPS) is 13.0. The number of anilines is 1. The number of hydrogen-bond donors (Lipinski definition) is 1. The molecule has 0 aliphatic heterocycles. The molecular weight excluding hydrogens is 520 g/mol. The second kappa shape index (κ2) is 11.0. The maximum Gasteiger partial charge on any atom is -1.00 e. The van der Waals surface area contributed by atoms with Crippen LogP contribution in [0, 0.1) is 0 Å². The van der Waals surface area contributed by atoms with Crippen LogP contribution in [0.3, 0.4) is 0 Å². The van der Waals surface area contributed by atoms with Crippen LogP contribution in [-0.2, 0) is 20.9 Å². The summed E-state index contributed by atoms with van der Waals surface area (Å²) in [5.41, 5.74) is 4.51. The Morgan fingerprint density at radius 1 is 1.00 bits per heavy atom. The largest absolute Gasteiger partial charge is 1.00 e. The first-order chi connectivity index (χ1) is 10.4. The number of halogens is 2. The van der Waals surface area contributed by atoms with Crippen LogP contribution in [0.5, 0.6) is 0 Å². The van der Waals surface area contributed by atoms with Gasteiger partial charge in [-0.3, -0.25) is 0 Å². The van der Waals surface area contributed by atoms with Gasteiger partial charge in [0.05, 0.1) is 0 Å². The summed E-state index contributed by atoms with van der Waals surface area (Å²) in [6.45, 7) is 14.4. The summed E-state index contributed by atoms with van der Waals surface area (Å²) in [4.78, 5) is 0. The molecule has 0 amide bonds. The van der Waals surface area contributed by atoms with Gasteiger partial charge in [-0.1, -0.05) is 0 Å². The van der Waals surface area contributed by atoms with Crippen LogP contribution in [-0.4, -0.2) is 5.98 Å². The molecule has 133 valence electrons. The zero-order valence-electron chi connectivity index (χ0n) is 15.7. The molecule has 0 heterocycles. The Labute approximate surface area is 169 Å². The summed E-state index contributed by atoms with van der Waals surface area (Å²) in [5.74, 6) is 0.544. The van der Waals surface area contributed by atoms with E-state index in [9.17, 15) is 0 Å². The molecule has 2 rings (SSSR count). The van der Waals surface area contributed by atoms with Gasteiger partial charge in [-0.2, -0.15) is 0 Å². The van der Waals surface area contributed by atoms with Gasteiger partial charge in [-0.05, 0) is 0 Å². The van der Waals surface area contributed by atoms with Crippen LogP contribution < -0.4 is 28.1 Å². The number of hydrogen-bond acceptors (Lipinski definition) is 1. The first-order valence-corrected chi connectivity index (χ1v) is 21.2. The van der Waals surface area contributed by atoms with Crippen molar-refractivity contribution in [3.05, 3.63) is 50.9 Å². The fraction of sp³-hybridized carbons (Fsp3) is 0.474. The van der Waals surface area contributed by atoms with Crippen molar-refractivity contribution in [1.29, 1.82) is 0 Å². The minimum atomic E-state index is -1.88. The first kappa shape index (κ1) is 24.2. The predicted molar refractivity (Wildman–Crippen MR) is 99.0 cm³/mol. The van der Waals surface area contributed by atoms with Crippen LogP contribution in [0.2, 0.25) is 13.1 Å². The van der Waals surface area contributed by atoms with Crippen LogP contribution in [0.4, 0.5) is 5.69 Å². The monoisotopic (exact) mass is 550 g/mol. The minimum absolute atomic E-state index is 0. The summed E-state index contributed by atoms with van der Waals surface area (Å²) < 4.78 is 5.96. The fourth-order valence-corrected chi connectivity index (χ4v) is 22.9. The van der Waals surface area contributed by atoms with Gasteiger partial charge in [-0.25, -0.2) is 0 Å². The standard InChI is InChI=1S/C12H18N.C5H5.C2H7Si.2ClH.Hf/c1-8(2)10-6-5-7-11(9(3)4)12(10)13;1-2-4-5-3-1;1-3-2;;;/h5-9,13H,1-4H3;1-3H,4H2;3H,1-2H3;2*1H;/q-1;;;;;+3/p-2. The maximum atomic E-state index is 4.19. The number of para-hydroxylation sites is 1. The van der Waals surface area contributed by atoms with Crippen molar-refractivity contribution in [1.82, 2.24) is 0 Å². The quantitative estimate of drug-likeness (QED) is 0.481. The third kappa shape index (κ3) is 5.86. The molecular formula is C19H30Cl2HfNSi. The van der Waals surface area contributed by atoms with E-state index in [0.717, 1.165) is 0 Å². The smallest absolute Gasteiger partial charge is 1.00 e. The Hall–Kier alpha value is 0.167. The van der Waals surface area contributed by atoms with E-state index in [2.05, 4.69) is 80.5 Å². The van der Waals surface area contributed by atoms with Crippen molar-refractivity contribution >= 4 is 11.7 Å². The van der Waals surface area contributed by atoms with Crippen molar-refractivity contribution in [3.8, 4) is 0 Å². The Morgan fingerprint density at radius 2 is 1.54 bits per heavy atom. The summed E-state index contributed by atoms with van der Waals surface area (Å²) in [5, 5.41) is 0. The van der Waals surface area contributed by atoms with E-state index in [4.69, 9.17) is 0 Å². The molecule has 0 fully saturated rings. The molecule has 0 aromatic heterocycles. The summed E-state index contributed by atoms with van der Waals surface area (Å²) >= 11 is -1.88. The van der Waals surface area contributed by atoms with Gasteiger partial charge in [0.2, 0.25) is 0 Å². The van der Waals surface area contributed by atoms with E-state index in [-0.39, 0.29) is 24.8 Å². The first-order valence-electron chi connectivity index (χ1n) is 8.54. The Balaban J connectivity index is 0.00000264. The van der Waals surface area contributed by atoms with Crippen molar-refractivity contribution in [2.45, 2.75) is 59.0 Å². The Kier molecular flexibility index (Phi) is 11.1. The zero-order valence-corrected chi connectivity index (χ0v) is 21.9. The van der Waals surface area contributed by atoms with Crippen LogP contribution in [0.15, 0.2) is 39.8 Å². The van der Waals surface area contributed by atoms with Gasteiger partial charge in [0, 0.05) is 0 Å². The van der Waals surface area contributed by atoms with Crippen molar-refractivity contribution in [2.75, 3.05) is 3.30 Å². The number of rotatable bonds is 6. The van der Waals surface area contributed by atoms with Gasteiger partial charge in [-0.15, -0.1) is 0 Å². The molecule has 0 saturated carbocycles. The fourth-order valence-electron chi connectivity index (χ4n) is 3.07. The number of nitrogens with one attached hydrogen (secondary N) is 1. The van der Waals surface area contributed by atoms with Crippen molar-refractivity contribution < 1.29 is 45.7 Å². The maximum absolute atomic E-state index is 4.19. The van der Waals surface area contributed by atoms with Crippen molar-refractivity contribution in [3.63, 3.8) is 0 Å². The molecule has 1 aromatic rings. The number of benzene rings is 1. The molecule has 0 unspecified atom stereocenters. The van der Waals surface area contributed by atoms with Gasteiger partial charge >= 0.3 is 146 Å². The predicted octanol–water partition coefficient (Wildman–Crippen LogP) is -0.286. The molecule has 0 spiro atoms. The molecule has 1 nitrogen and oxygen atoms in total. The second-order valence-corrected chi connectivity index (χ2v) is 32.8. The topological polar surface area (TPSA) is 12.0 Å². The van der Waals surface area contributed by atoms with E-state index < -0.39 is 26.9 Å². The summed E-state index contributed by atoms with van der Waals surface area (Å²) in [7, 11) is 0. The van der Waals surface area contributed by atoms with Crippen LogP contribution >= 0.6 is 0 Å². The number of allylic oxidation sites excluding steroid dienone is 4. The average Bonchev–Trinajstić information content (AvgIpc) is 2.97. The van der Waals surface area contributed by atoms with Crippen LogP contribution in [0.25, 0.3) is 0 Å².